The monoisotopic (exact) mass is 322 g/mol. The van der Waals surface area contributed by atoms with Gasteiger partial charge in [0.1, 0.15) is 5.75 Å². The standard InChI is InChI=1S/C15H15ClN2O2S/c1-10-7-11(16)3-5-13(10)20-9-14(19)18-12-4-6-15(21-2)17-8-12/h3-8H,9H2,1-2H3,(H,18,19). The van der Waals surface area contributed by atoms with Crippen LogP contribution in [0.15, 0.2) is 41.6 Å². The minimum atomic E-state index is -0.233. The Kier molecular flexibility index (Phi) is 5.47. The molecule has 1 heterocycles. The summed E-state index contributed by atoms with van der Waals surface area (Å²) in [6, 6.07) is 8.93. The fourth-order valence-electron chi connectivity index (χ4n) is 1.69. The Bertz CT molecular complexity index is 632. The Balaban J connectivity index is 1.89. The molecule has 0 aliphatic rings. The van der Waals surface area contributed by atoms with Crippen molar-refractivity contribution in [3.8, 4) is 5.75 Å². The maximum Gasteiger partial charge on any atom is 0.262 e. The molecule has 0 radical (unpaired) electrons. The number of halogens is 1. The Labute approximate surface area is 132 Å². The van der Waals surface area contributed by atoms with E-state index in [9.17, 15) is 4.79 Å². The predicted octanol–water partition coefficient (Wildman–Crippen LogP) is 3.78. The average molecular weight is 323 g/mol. The van der Waals surface area contributed by atoms with Crippen molar-refractivity contribution in [1.82, 2.24) is 4.98 Å². The van der Waals surface area contributed by atoms with Crippen LogP contribution >= 0.6 is 23.4 Å². The molecule has 1 amide bonds. The first-order valence-electron chi connectivity index (χ1n) is 6.27. The molecule has 0 spiro atoms. The number of thioether (sulfide) groups is 1. The van der Waals surface area contributed by atoms with Crippen molar-refractivity contribution >= 4 is 35.0 Å². The number of benzene rings is 1. The summed E-state index contributed by atoms with van der Waals surface area (Å²) in [5.74, 6) is 0.411. The van der Waals surface area contributed by atoms with Crippen LogP contribution in [0.1, 0.15) is 5.56 Å². The SMILES string of the molecule is CSc1ccc(NC(=O)COc2ccc(Cl)cc2C)cn1. The number of aromatic nitrogens is 1. The number of amides is 1. The number of anilines is 1. The van der Waals surface area contributed by atoms with Gasteiger partial charge in [0.25, 0.3) is 5.91 Å². The molecule has 0 saturated carbocycles. The van der Waals surface area contributed by atoms with Gasteiger partial charge < -0.3 is 10.1 Å². The Hall–Kier alpha value is -1.72. The fraction of sp³-hybridized carbons (Fsp3) is 0.200. The largest absolute Gasteiger partial charge is 0.483 e. The maximum atomic E-state index is 11.8. The topological polar surface area (TPSA) is 51.2 Å². The highest BCUT2D eigenvalue weighted by atomic mass is 35.5. The summed E-state index contributed by atoms with van der Waals surface area (Å²) in [4.78, 5) is 16.0. The van der Waals surface area contributed by atoms with Crippen molar-refractivity contribution in [2.75, 3.05) is 18.2 Å². The lowest BCUT2D eigenvalue weighted by Crippen LogP contribution is -2.20. The highest BCUT2D eigenvalue weighted by Gasteiger charge is 2.06. The molecule has 1 N–H and O–H groups in total. The summed E-state index contributed by atoms with van der Waals surface area (Å²) in [6.07, 6.45) is 3.57. The third-order valence-corrected chi connectivity index (χ3v) is 3.62. The maximum absolute atomic E-state index is 11.8. The minimum absolute atomic E-state index is 0.0627. The van der Waals surface area contributed by atoms with Crippen LogP contribution < -0.4 is 10.1 Å². The summed E-state index contributed by atoms with van der Waals surface area (Å²) in [5.41, 5.74) is 1.54. The van der Waals surface area contributed by atoms with Crippen LogP contribution in [-0.4, -0.2) is 23.8 Å². The zero-order valence-corrected chi connectivity index (χ0v) is 13.3. The van der Waals surface area contributed by atoms with E-state index in [2.05, 4.69) is 10.3 Å². The van der Waals surface area contributed by atoms with Crippen LogP contribution in [0.25, 0.3) is 0 Å². The van der Waals surface area contributed by atoms with Gasteiger partial charge in [-0.05, 0) is 49.1 Å². The Morgan fingerprint density at radius 3 is 2.81 bits per heavy atom. The van der Waals surface area contributed by atoms with Crippen LogP contribution in [0.5, 0.6) is 5.75 Å². The molecule has 21 heavy (non-hydrogen) atoms. The second kappa shape index (κ2) is 7.33. The first-order valence-corrected chi connectivity index (χ1v) is 7.87. The third kappa shape index (κ3) is 4.65. The zero-order valence-electron chi connectivity index (χ0n) is 11.7. The molecule has 0 aliphatic heterocycles. The number of hydrogen-bond donors (Lipinski definition) is 1. The molecule has 6 heteroatoms. The summed E-state index contributed by atoms with van der Waals surface area (Å²) in [5, 5.41) is 4.28. The van der Waals surface area contributed by atoms with Gasteiger partial charge in [-0.25, -0.2) is 4.98 Å². The highest BCUT2D eigenvalue weighted by molar-refractivity contribution is 7.98. The first kappa shape index (κ1) is 15.7. The van der Waals surface area contributed by atoms with Gasteiger partial charge in [0.2, 0.25) is 0 Å². The number of rotatable bonds is 5. The second-order valence-corrected chi connectivity index (χ2v) is 5.60. The van der Waals surface area contributed by atoms with E-state index in [1.807, 2.05) is 25.3 Å². The number of nitrogens with one attached hydrogen (secondary N) is 1. The Morgan fingerprint density at radius 1 is 1.38 bits per heavy atom. The third-order valence-electron chi connectivity index (χ3n) is 2.72. The highest BCUT2D eigenvalue weighted by Crippen LogP contribution is 2.21. The summed E-state index contributed by atoms with van der Waals surface area (Å²) in [7, 11) is 0. The number of pyridine rings is 1. The summed E-state index contributed by atoms with van der Waals surface area (Å²) < 4.78 is 5.48. The number of carbonyl (C=O) groups is 1. The molecule has 2 aromatic rings. The molecule has 1 aromatic heterocycles. The lowest BCUT2D eigenvalue weighted by Gasteiger charge is -2.09. The summed E-state index contributed by atoms with van der Waals surface area (Å²) >= 11 is 7.42. The van der Waals surface area contributed by atoms with Crippen LogP contribution in [-0.2, 0) is 4.79 Å². The predicted molar refractivity (Wildman–Crippen MR) is 86.3 cm³/mol. The van der Waals surface area contributed by atoms with E-state index in [1.165, 1.54) is 0 Å². The van der Waals surface area contributed by atoms with Crippen molar-refractivity contribution in [1.29, 1.82) is 0 Å². The van der Waals surface area contributed by atoms with Crippen molar-refractivity contribution in [3.63, 3.8) is 0 Å². The van der Waals surface area contributed by atoms with Crippen molar-refractivity contribution in [3.05, 3.63) is 47.1 Å². The van der Waals surface area contributed by atoms with Crippen molar-refractivity contribution < 1.29 is 9.53 Å². The average Bonchev–Trinajstić information content (AvgIpc) is 2.47. The van der Waals surface area contributed by atoms with Gasteiger partial charge in [0.05, 0.1) is 16.9 Å². The van der Waals surface area contributed by atoms with Gasteiger partial charge in [-0.15, -0.1) is 11.8 Å². The van der Waals surface area contributed by atoms with E-state index in [0.717, 1.165) is 10.6 Å². The molecule has 0 bridgehead atoms. The number of aryl methyl sites for hydroxylation is 1. The van der Waals surface area contributed by atoms with Crippen LogP contribution in [0.2, 0.25) is 5.02 Å². The van der Waals surface area contributed by atoms with E-state index >= 15 is 0 Å². The molecule has 0 atom stereocenters. The van der Waals surface area contributed by atoms with Gasteiger partial charge in [-0.3, -0.25) is 4.79 Å². The van der Waals surface area contributed by atoms with Gasteiger partial charge in [-0.1, -0.05) is 11.6 Å². The molecule has 0 aliphatic carbocycles. The van der Waals surface area contributed by atoms with Gasteiger partial charge >= 0.3 is 0 Å². The number of carbonyl (C=O) groups excluding carboxylic acids is 1. The number of ether oxygens (including phenoxy) is 1. The molecule has 0 unspecified atom stereocenters. The quantitative estimate of drug-likeness (QED) is 0.851. The van der Waals surface area contributed by atoms with Crippen LogP contribution in [0, 0.1) is 6.92 Å². The van der Waals surface area contributed by atoms with Crippen molar-refractivity contribution in [2.24, 2.45) is 0 Å². The number of hydrogen-bond acceptors (Lipinski definition) is 4. The van der Waals surface area contributed by atoms with Crippen LogP contribution in [0.4, 0.5) is 5.69 Å². The lowest BCUT2D eigenvalue weighted by molar-refractivity contribution is -0.118. The van der Waals surface area contributed by atoms with E-state index in [0.29, 0.717) is 16.5 Å². The lowest BCUT2D eigenvalue weighted by atomic mass is 10.2. The van der Waals surface area contributed by atoms with Gasteiger partial charge in [0.15, 0.2) is 6.61 Å². The van der Waals surface area contributed by atoms with Gasteiger partial charge in [0, 0.05) is 5.02 Å². The molecular formula is C15H15ClN2O2S. The second-order valence-electron chi connectivity index (χ2n) is 4.34. The first-order chi connectivity index (χ1) is 10.1. The number of nitrogens with zero attached hydrogens (tertiary/aromatic N) is 1. The summed E-state index contributed by atoms with van der Waals surface area (Å²) in [6.45, 7) is 1.82. The van der Waals surface area contributed by atoms with E-state index in [4.69, 9.17) is 16.3 Å². The van der Waals surface area contributed by atoms with Gasteiger partial charge in [-0.2, -0.15) is 0 Å². The smallest absolute Gasteiger partial charge is 0.262 e. The molecule has 4 nitrogen and oxygen atoms in total. The normalized spacial score (nSPS) is 10.2. The molecule has 0 saturated heterocycles. The molecular weight excluding hydrogens is 308 g/mol. The van der Waals surface area contributed by atoms with Crippen LogP contribution in [0.3, 0.4) is 0 Å². The fourth-order valence-corrected chi connectivity index (χ4v) is 2.28. The molecule has 0 fully saturated rings. The van der Waals surface area contributed by atoms with E-state index < -0.39 is 0 Å². The minimum Gasteiger partial charge on any atom is -0.483 e. The molecule has 1 aromatic carbocycles. The zero-order chi connectivity index (χ0) is 15.2. The van der Waals surface area contributed by atoms with Crippen molar-refractivity contribution in [2.45, 2.75) is 11.9 Å². The Morgan fingerprint density at radius 2 is 2.19 bits per heavy atom. The molecule has 110 valence electrons. The van der Waals surface area contributed by atoms with E-state index in [-0.39, 0.29) is 12.5 Å². The van der Waals surface area contributed by atoms with E-state index in [1.54, 1.807) is 36.2 Å². The molecule has 2 rings (SSSR count).